The van der Waals surface area contributed by atoms with Gasteiger partial charge in [-0.25, -0.2) is 0 Å². The number of nitrogens with zero attached hydrogens (tertiary/aromatic N) is 1. The fourth-order valence-corrected chi connectivity index (χ4v) is 2.86. The van der Waals surface area contributed by atoms with Crippen LogP contribution in [0, 0.1) is 5.92 Å². The second-order valence-electron chi connectivity index (χ2n) is 5.75. The first-order valence-corrected chi connectivity index (χ1v) is 7.82. The van der Waals surface area contributed by atoms with E-state index in [0.29, 0.717) is 50.0 Å². The number of fused-ring (bicyclic) bond motifs is 1. The van der Waals surface area contributed by atoms with Crippen molar-refractivity contribution in [2.45, 2.75) is 6.42 Å². The number of carbonyl (C=O) groups is 2. The summed E-state index contributed by atoms with van der Waals surface area (Å²) in [7, 11) is 1.56. The molecule has 1 atom stereocenters. The molecule has 0 radical (unpaired) electrons. The Labute approximate surface area is 140 Å². The summed E-state index contributed by atoms with van der Waals surface area (Å²) in [5.41, 5.74) is 6.06. The van der Waals surface area contributed by atoms with Crippen LogP contribution in [-0.4, -0.2) is 50.1 Å². The third kappa shape index (κ3) is 3.29. The third-order valence-electron chi connectivity index (χ3n) is 4.17. The minimum Gasteiger partial charge on any atom is -0.493 e. The molecule has 2 aliphatic heterocycles. The van der Waals surface area contributed by atoms with Crippen molar-refractivity contribution < 1.29 is 23.8 Å². The van der Waals surface area contributed by atoms with Crippen molar-refractivity contribution in [3.05, 3.63) is 23.8 Å². The molecule has 2 aliphatic rings. The number of hydrogen-bond donors (Lipinski definition) is 1. The normalized spacial score (nSPS) is 19.5. The number of likely N-dealkylation sites (tertiary alicyclic amines) is 1. The third-order valence-corrected chi connectivity index (χ3v) is 4.17. The average molecular weight is 332 g/mol. The van der Waals surface area contributed by atoms with Crippen molar-refractivity contribution >= 4 is 17.9 Å². The Hall–Kier alpha value is -2.70. The fourth-order valence-electron chi connectivity index (χ4n) is 2.86. The lowest BCUT2D eigenvalue weighted by Crippen LogP contribution is -2.30. The van der Waals surface area contributed by atoms with Crippen LogP contribution >= 0.6 is 0 Å². The van der Waals surface area contributed by atoms with E-state index >= 15 is 0 Å². The van der Waals surface area contributed by atoms with Crippen molar-refractivity contribution in [2.24, 2.45) is 11.7 Å². The number of primary amides is 1. The number of nitrogens with two attached hydrogens (primary N) is 1. The van der Waals surface area contributed by atoms with E-state index in [1.165, 1.54) is 6.08 Å². The molecule has 2 heterocycles. The van der Waals surface area contributed by atoms with Gasteiger partial charge in [0.25, 0.3) is 0 Å². The topological polar surface area (TPSA) is 91.1 Å². The van der Waals surface area contributed by atoms with Crippen LogP contribution in [0.3, 0.4) is 0 Å². The molecular formula is C17H20N2O5. The Balaban J connectivity index is 1.72. The van der Waals surface area contributed by atoms with Gasteiger partial charge >= 0.3 is 0 Å². The van der Waals surface area contributed by atoms with Gasteiger partial charge in [0.1, 0.15) is 13.2 Å². The summed E-state index contributed by atoms with van der Waals surface area (Å²) >= 11 is 0. The molecule has 128 valence electrons. The quantitative estimate of drug-likeness (QED) is 0.824. The second kappa shape index (κ2) is 6.82. The van der Waals surface area contributed by atoms with Gasteiger partial charge in [-0.3, -0.25) is 9.59 Å². The molecule has 2 amide bonds. The second-order valence-corrected chi connectivity index (χ2v) is 5.75. The molecule has 7 nitrogen and oxygen atoms in total. The minimum atomic E-state index is -0.356. The molecule has 7 heteroatoms. The molecule has 3 rings (SSSR count). The molecule has 0 aromatic heterocycles. The molecular weight excluding hydrogens is 312 g/mol. The molecule has 0 unspecified atom stereocenters. The maximum absolute atomic E-state index is 12.2. The summed E-state index contributed by atoms with van der Waals surface area (Å²) in [5.74, 6) is 0.989. The van der Waals surface area contributed by atoms with Gasteiger partial charge in [0, 0.05) is 19.2 Å². The number of benzene rings is 1. The molecule has 1 saturated heterocycles. The van der Waals surface area contributed by atoms with Gasteiger partial charge < -0.3 is 24.8 Å². The highest BCUT2D eigenvalue weighted by Crippen LogP contribution is 2.40. The van der Waals surface area contributed by atoms with E-state index in [1.54, 1.807) is 30.2 Å². The number of carbonyl (C=O) groups excluding carboxylic acids is 2. The highest BCUT2D eigenvalue weighted by molar-refractivity contribution is 5.92. The van der Waals surface area contributed by atoms with Crippen molar-refractivity contribution in [2.75, 3.05) is 33.4 Å². The van der Waals surface area contributed by atoms with Gasteiger partial charge in [-0.1, -0.05) is 0 Å². The van der Waals surface area contributed by atoms with Gasteiger partial charge in [0.15, 0.2) is 11.5 Å². The lowest BCUT2D eigenvalue weighted by atomic mass is 10.1. The van der Waals surface area contributed by atoms with Crippen LogP contribution in [0.2, 0.25) is 0 Å². The maximum Gasteiger partial charge on any atom is 0.246 e. The summed E-state index contributed by atoms with van der Waals surface area (Å²) < 4.78 is 16.4. The van der Waals surface area contributed by atoms with Crippen LogP contribution in [0.1, 0.15) is 12.0 Å². The Bertz CT molecular complexity index is 669. The number of hydrogen-bond acceptors (Lipinski definition) is 5. The van der Waals surface area contributed by atoms with Gasteiger partial charge in [-0.15, -0.1) is 0 Å². The standard InChI is InChI=1S/C17H20N2O5/c1-22-13-8-11(9-14-16(13)24-7-6-23-14)2-3-15(20)19-5-4-12(10-19)17(18)21/h2-3,8-9,12H,4-7,10H2,1H3,(H2,18,21)/b3-2+/t12-/m0/s1. The van der Waals surface area contributed by atoms with E-state index in [2.05, 4.69) is 0 Å². The van der Waals surface area contributed by atoms with E-state index in [4.69, 9.17) is 19.9 Å². The van der Waals surface area contributed by atoms with Gasteiger partial charge in [0.2, 0.25) is 17.6 Å². The number of ether oxygens (including phenoxy) is 3. The molecule has 0 spiro atoms. The van der Waals surface area contributed by atoms with Crippen molar-refractivity contribution in [3.63, 3.8) is 0 Å². The Morgan fingerprint density at radius 2 is 2.12 bits per heavy atom. The Morgan fingerprint density at radius 1 is 1.33 bits per heavy atom. The highest BCUT2D eigenvalue weighted by atomic mass is 16.6. The summed E-state index contributed by atoms with van der Waals surface area (Å²) in [5, 5.41) is 0. The van der Waals surface area contributed by atoms with Crippen LogP contribution in [0.15, 0.2) is 18.2 Å². The number of amides is 2. The molecule has 1 fully saturated rings. The largest absolute Gasteiger partial charge is 0.493 e. The van der Waals surface area contributed by atoms with Crippen molar-refractivity contribution in [1.82, 2.24) is 4.90 Å². The number of rotatable bonds is 4. The smallest absolute Gasteiger partial charge is 0.246 e. The van der Waals surface area contributed by atoms with Crippen LogP contribution < -0.4 is 19.9 Å². The first-order chi connectivity index (χ1) is 11.6. The van der Waals surface area contributed by atoms with Crippen LogP contribution in [0.5, 0.6) is 17.2 Å². The monoisotopic (exact) mass is 332 g/mol. The lowest BCUT2D eigenvalue weighted by Gasteiger charge is -2.21. The van der Waals surface area contributed by atoms with E-state index in [9.17, 15) is 9.59 Å². The minimum absolute atomic E-state index is 0.146. The lowest BCUT2D eigenvalue weighted by molar-refractivity contribution is -0.125. The van der Waals surface area contributed by atoms with E-state index in [0.717, 1.165) is 5.56 Å². The number of methoxy groups -OCH3 is 1. The van der Waals surface area contributed by atoms with E-state index in [-0.39, 0.29) is 17.7 Å². The van der Waals surface area contributed by atoms with Gasteiger partial charge in [-0.2, -0.15) is 0 Å². The summed E-state index contributed by atoms with van der Waals surface area (Å²) in [4.78, 5) is 25.0. The molecule has 0 bridgehead atoms. The van der Waals surface area contributed by atoms with Crippen LogP contribution in [-0.2, 0) is 9.59 Å². The molecule has 0 aliphatic carbocycles. The summed E-state index contributed by atoms with van der Waals surface area (Å²) in [6, 6.07) is 3.59. The highest BCUT2D eigenvalue weighted by Gasteiger charge is 2.28. The van der Waals surface area contributed by atoms with Crippen LogP contribution in [0.4, 0.5) is 0 Å². The van der Waals surface area contributed by atoms with Crippen LogP contribution in [0.25, 0.3) is 6.08 Å². The SMILES string of the molecule is COc1cc(/C=C/C(=O)N2CC[C@H](C(N)=O)C2)cc2c1OCCO2. The molecule has 1 aromatic carbocycles. The molecule has 1 aromatic rings. The Kier molecular flexibility index (Phi) is 4.59. The van der Waals surface area contributed by atoms with E-state index < -0.39 is 0 Å². The maximum atomic E-state index is 12.2. The fraction of sp³-hybridized carbons (Fsp3) is 0.412. The van der Waals surface area contributed by atoms with Crippen molar-refractivity contribution in [1.29, 1.82) is 0 Å². The summed E-state index contributed by atoms with van der Waals surface area (Å²) in [6.07, 6.45) is 3.79. The Morgan fingerprint density at radius 3 is 2.83 bits per heavy atom. The first kappa shape index (κ1) is 16.2. The predicted octanol–water partition coefficient (Wildman–Crippen LogP) is 0.813. The average Bonchev–Trinajstić information content (AvgIpc) is 3.09. The zero-order valence-electron chi connectivity index (χ0n) is 13.5. The zero-order chi connectivity index (χ0) is 17.1. The van der Waals surface area contributed by atoms with E-state index in [1.807, 2.05) is 0 Å². The van der Waals surface area contributed by atoms with Gasteiger partial charge in [-0.05, 0) is 30.2 Å². The zero-order valence-corrected chi connectivity index (χ0v) is 13.5. The molecule has 24 heavy (non-hydrogen) atoms. The summed E-state index contributed by atoms with van der Waals surface area (Å²) in [6.45, 7) is 1.88. The molecule has 2 N–H and O–H groups in total. The molecule has 0 saturated carbocycles. The van der Waals surface area contributed by atoms with Crippen molar-refractivity contribution in [3.8, 4) is 17.2 Å². The predicted molar refractivity (Wildman–Crippen MR) is 86.9 cm³/mol. The van der Waals surface area contributed by atoms with Gasteiger partial charge in [0.05, 0.1) is 13.0 Å². The first-order valence-electron chi connectivity index (χ1n) is 7.82.